The molecule has 0 spiro atoms. The summed E-state index contributed by atoms with van der Waals surface area (Å²) in [4.78, 5) is 28.1. The van der Waals surface area contributed by atoms with Crippen molar-refractivity contribution in [3.05, 3.63) is 58.3 Å². The minimum Gasteiger partial charge on any atom is -0.496 e. The summed E-state index contributed by atoms with van der Waals surface area (Å²) >= 11 is 0. The molecule has 1 aliphatic heterocycles. The van der Waals surface area contributed by atoms with E-state index in [1.165, 1.54) is 30.0 Å². The smallest absolute Gasteiger partial charge is 0.259 e. The van der Waals surface area contributed by atoms with Gasteiger partial charge in [-0.05, 0) is 12.1 Å². The van der Waals surface area contributed by atoms with Crippen LogP contribution >= 0.6 is 0 Å². The minimum atomic E-state index is -0.262. The Balaban J connectivity index is 1.75. The van der Waals surface area contributed by atoms with Crippen LogP contribution in [-0.4, -0.2) is 48.7 Å². The number of pyridine rings is 1. The summed E-state index contributed by atoms with van der Waals surface area (Å²) in [6.45, 7) is 2.03. The Morgan fingerprint density at radius 1 is 1.16 bits per heavy atom. The third-order valence-corrected chi connectivity index (χ3v) is 4.40. The van der Waals surface area contributed by atoms with Crippen LogP contribution in [0.5, 0.6) is 5.75 Å². The minimum absolute atomic E-state index is 0.194. The molecule has 0 saturated carbocycles. The van der Waals surface area contributed by atoms with E-state index in [4.69, 9.17) is 4.74 Å². The lowest BCUT2D eigenvalue weighted by molar-refractivity contribution is 0.0742. The van der Waals surface area contributed by atoms with Gasteiger partial charge in [-0.25, -0.2) is 4.39 Å². The molecule has 3 rings (SSSR count). The zero-order chi connectivity index (χ0) is 18.0. The van der Waals surface area contributed by atoms with Crippen molar-refractivity contribution in [3.8, 4) is 5.75 Å². The maximum Gasteiger partial charge on any atom is 0.259 e. The van der Waals surface area contributed by atoms with Gasteiger partial charge < -0.3 is 19.1 Å². The van der Waals surface area contributed by atoms with Crippen LogP contribution < -0.4 is 15.2 Å². The van der Waals surface area contributed by atoms with E-state index in [9.17, 15) is 14.0 Å². The molecule has 25 heavy (non-hydrogen) atoms. The average Bonchev–Trinajstić information content (AvgIpc) is 2.63. The number of carbonyl (C=O) groups is 1. The zero-order valence-corrected chi connectivity index (χ0v) is 14.2. The second-order valence-electron chi connectivity index (χ2n) is 5.94. The van der Waals surface area contributed by atoms with Crippen molar-refractivity contribution >= 4 is 11.6 Å². The molecule has 2 aromatic rings. The molecular weight excluding hydrogens is 325 g/mol. The Hall–Kier alpha value is -2.83. The van der Waals surface area contributed by atoms with Crippen LogP contribution in [0.1, 0.15) is 10.4 Å². The highest BCUT2D eigenvalue weighted by Crippen LogP contribution is 2.22. The molecular formula is C18H20FN3O3. The number of amides is 1. The van der Waals surface area contributed by atoms with Gasteiger partial charge in [-0.1, -0.05) is 12.1 Å². The molecule has 0 aliphatic carbocycles. The van der Waals surface area contributed by atoms with Gasteiger partial charge in [-0.3, -0.25) is 9.59 Å². The second-order valence-corrected chi connectivity index (χ2v) is 5.94. The summed E-state index contributed by atoms with van der Waals surface area (Å²) in [7, 11) is 3.02. The first-order valence-corrected chi connectivity index (χ1v) is 8.04. The molecule has 0 N–H and O–H groups in total. The molecule has 1 aliphatic rings. The van der Waals surface area contributed by atoms with Crippen molar-refractivity contribution in [2.45, 2.75) is 0 Å². The highest BCUT2D eigenvalue weighted by molar-refractivity contribution is 5.96. The number of hydrogen-bond donors (Lipinski definition) is 0. The third kappa shape index (κ3) is 3.35. The van der Waals surface area contributed by atoms with E-state index in [1.54, 1.807) is 30.1 Å². The van der Waals surface area contributed by atoms with Gasteiger partial charge in [0, 0.05) is 45.5 Å². The Morgan fingerprint density at radius 3 is 2.48 bits per heavy atom. The van der Waals surface area contributed by atoms with E-state index in [-0.39, 0.29) is 23.0 Å². The van der Waals surface area contributed by atoms with Crippen LogP contribution in [0.3, 0.4) is 0 Å². The van der Waals surface area contributed by atoms with Crippen molar-refractivity contribution in [3.63, 3.8) is 0 Å². The largest absolute Gasteiger partial charge is 0.496 e. The second kappa shape index (κ2) is 6.96. The molecule has 1 aromatic heterocycles. The van der Waals surface area contributed by atoms with Crippen LogP contribution in [0, 0.1) is 5.82 Å². The summed E-state index contributed by atoms with van der Waals surface area (Å²) < 4.78 is 20.4. The molecule has 132 valence electrons. The van der Waals surface area contributed by atoms with Crippen molar-refractivity contribution in [1.82, 2.24) is 9.47 Å². The van der Waals surface area contributed by atoms with Crippen molar-refractivity contribution in [2.75, 3.05) is 38.2 Å². The zero-order valence-electron chi connectivity index (χ0n) is 14.2. The molecule has 0 atom stereocenters. The van der Waals surface area contributed by atoms with Gasteiger partial charge >= 0.3 is 0 Å². The number of carbonyl (C=O) groups excluding carboxylic acids is 1. The summed E-state index contributed by atoms with van der Waals surface area (Å²) in [6.07, 6.45) is 1.49. The van der Waals surface area contributed by atoms with E-state index in [0.717, 1.165) is 0 Å². The molecule has 0 unspecified atom stereocenters. The van der Waals surface area contributed by atoms with Crippen molar-refractivity contribution in [2.24, 2.45) is 7.05 Å². The Morgan fingerprint density at radius 2 is 1.84 bits per heavy atom. The number of benzene rings is 1. The monoisotopic (exact) mass is 345 g/mol. The number of aryl methyl sites for hydroxylation is 1. The Kier molecular flexibility index (Phi) is 4.74. The predicted molar refractivity (Wildman–Crippen MR) is 92.8 cm³/mol. The van der Waals surface area contributed by atoms with Gasteiger partial charge in [0.1, 0.15) is 11.6 Å². The van der Waals surface area contributed by atoms with Crippen LogP contribution in [0.4, 0.5) is 10.1 Å². The number of para-hydroxylation sites is 1. The molecule has 0 radical (unpaired) electrons. The fourth-order valence-electron chi connectivity index (χ4n) is 2.97. The normalized spacial score (nSPS) is 14.5. The van der Waals surface area contributed by atoms with E-state index in [2.05, 4.69) is 0 Å². The van der Waals surface area contributed by atoms with E-state index in [1.807, 2.05) is 4.90 Å². The number of piperazine rings is 1. The molecule has 1 aromatic carbocycles. The topological polar surface area (TPSA) is 54.8 Å². The number of nitrogens with zero attached hydrogens (tertiary/aromatic N) is 3. The molecule has 6 nitrogen and oxygen atoms in total. The van der Waals surface area contributed by atoms with Gasteiger partial charge in [0.15, 0.2) is 0 Å². The number of ether oxygens (including phenoxy) is 1. The fourth-order valence-corrected chi connectivity index (χ4v) is 2.97. The standard InChI is InChI=1S/C18H20FN3O3/c1-20-12-13(16(25-2)11-17(20)23)18(24)22-9-7-21(8-10-22)15-6-4-3-5-14(15)19/h3-6,11-12H,7-10H2,1-2H3. The van der Waals surface area contributed by atoms with Gasteiger partial charge in [0.05, 0.1) is 18.4 Å². The number of anilines is 1. The molecule has 1 fully saturated rings. The highest BCUT2D eigenvalue weighted by Gasteiger charge is 2.26. The van der Waals surface area contributed by atoms with E-state index >= 15 is 0 Å². The number of hydrogen-bond acceptors (Lipinski definition) is 4. The molecule has 7 heteroatoms. The van der Waals surface area contributed by atoms with Crippen LogP contribution in [-0.2, 0) is 7.05 Å². The highest BCUT2D eigenvalue weighted by atomic mass is 19.1. The van der Waals surface area contributed by atoms with E-state index in [0.29, 0.717) is 37.4 Å². The maximum absolute atomic E-state index is 13.9. The number of aromatic nitrogens is 1. The summed E-state index contributed by atoms with van der Waals surface area (Å²) in [6, 6.07) is 7.93. The molecule has 1 saturated heterocycles. The lowest BCUT2D eigenvalue weighted by Crippen LogP contribution is -2.49. The molecule has 2 heterocycles. The van der Waals surface area contributed by atoms with Crippen molar-refractivity contribution < 1.29 is 13.9 Å². The summed E-state index contributed by atoms with van der Waals surface area (Å²) in [5.41, 5.74) is 0.663. The Labute approximate surface area is 145 Å². The number of halogens is 1. The van der Waals surface area contributed by atoms with Crippen LogP contribution in [0.25, 0.3) is 0 Å². The summed E-state index contributed by atoms with van der Waals surface area (Å²) in [5, 5.41) is 0. The van der Waals surface area contributed by atoms with Crippen molar-refractivity contribution in [1.29, 1.82) is 0 Å². The molecule has 1 amide bonds. The Bertz CT molecular complexity index is 842. The molecule has 0 bridgehead atoms. The van der Waals surface area contributed by atoms with Gasteiger partial charge in [-0.2, -0.15) is 0 Å². The first-order chi connectivity index (χ1) is 12.0. The van der Waals surface area contributed by atoms with Crippen LogP contribution in [0.15, 0.2) is 41.3 Å². The third-order valence-electron chi connectivity index (χ3n) is 4.40. The first kappa shape index (κ1) is 17.0. The lowest BCUT2D eigenvalue weighted by Gasteiger charge is -2.36. The van der Waals surface area contributed by atoms with Gasteiger partial charge in [-0.15, -0.1) is 0 Å². The lowest BCUT2D eigenvalue weighted by atomic mass is 10.2. The predicted octanol–water partition coefficient (Wildman–Crippen LogP) is 1.50. The maximum atomic E-state index is 13.9. The van der Waals surface area contributed by atoms with Gasteiger partial charge in [0.25, 0.3) is 11.5 Å². The fraction of sp³-hybridized carbons (Fsp3) is 0.333. The van der Waals surface area contributed by atoms with Gasteiger partial charge in [0.2, 0.25) is 0 Å². The SMILES string of the molecule is COc1cc(=O)n(C)cc1C(=O)N1CCN(c2ccccc2F)CC1. The quantitative estimate of drug-likeness (QED) is 0.846. The van der Waals surface area contributed by atoms with E-state index < -0.39 is 0 Å². The first-order valence-electron chi connectivity index (χ1n) is 8.04. The summed E-state index contributed by atoms with van der Waals surface area (Å²) in [5.74, 6) is -0.188. The van der Waals surface area contributed by atoms with Crippen LogP contribution in [0.2, 0.25) is 0 Å². The average molecular weight is 345 g/mol. The number of methoxy groups -OCH3 is 1. The number of rotatable bonds is 3.